The minimum atomic E-state index is -0.308. The minimum Gasteiger partial charge on any atom is -0.457 e. The first kappa shape index (κ1) is 25.7. The molecule has 1 aromatic heterocycles. The van der Waals surface area contributed by atoms with Crippen LogP contribution in [-0.4, -0.2) is 42.9 Å². The van der Waals surface area contributed by atoms with Crippen LogP contribution in [0.3, 0.4) is 0 Å². The minimum absolute atomic E-state index is 0.0193. The number of hydrogen-bond donors (Lipinski definition) is 1. The van der Waals surface area contributed by atoms with E-state index < -0.39 is 0 Å². The van der Waals surface area contributed by atoms with Gasteiger partial charge in [0, 0.05) is 55.3 Å². The van der Waals surface area contributed by atoms with Crippen molar-refractivity contribution in [3.8, 4) is 11.3 Å². The molecule has 1 aliphatic heterocycles. The molecule has 0 unspecified atom stereocenters. The van der Waals surface area contributed by atoms with Gasteiger partial charge in [0.15, 0.2) is 0 Å². The molecular formula is C32H28FN3O3. The van der Waals surface area contributed by atoms with Gasteiger partial charge in [-0.2, -0.15) is 0 Å². The zero-order valence-corrected chi connectivity index (χ0v) is 21.3. The molecule has 2 amide bonds. The zero-order chi connectivity index (χ0) is 27.0. The van der Waals surface area contributed by atoms with E-state index in [4.69, 9.17) is 4.42 Å². The molecule has 0 radical (unpaired) electrons. The molecule has 1 aliphatic rings. The summed E-state index contributed by atoms with van der Waals surface area (Å²) in [5.74, 6) is 0.550. The monoisotopic (exact) mass is 521 g/mol. The van der Waals surface area contributed by atoms with Gasteiger partial charge in [-0.15, -0.1) is 0 Å². The van der Waals surface area contributed by atoms with Crippen molar-refractivity contribution in [2.75, 3.05) is 36.4 Å². The molecule has 7 heteroatoms. The van der Waals surface area contributed by atoms with Crippen molar-refractivity contribution < 1.29 is 18.4 Å². The van der Waals surface area contributed by atoms with E-state index in [9.17, 15) is 14.0 Å². The standard InChI is InChI=1S/C32H28FN3O3/c33-26-9-7-25(8-10-26)30-17-15-29(39-30)16-18-31(37)34-27-11-13-28(14-12-27)35-20-22-36(23-21-35)32(38)19-6-24-4-2-1-3-5-24/h1-19H,20-23H2,(H,34,37)/b18-16+,19-6+. The first-order chi connectivity index (χ1) is 19.0. The largest absolute Gasteiger partial charge is 0.457 e. The summed E-state index contributed by atoms with van der Waals surface area (Å²) in [7, 11) is 0. The van der Waals surface area contributed by atoms with Crippen molar-refractivity contribution in [1.82, 2.24) is 4.90 Å². The maximum absolute atomic E-state index is 13.1. The highest BCUT2D eigenvalue weighted by Gasteiger charge is 2.19. The quantitative estimate of drug-likeness (QED) is 0.299. The van der Waals surface area contributed by atoms with Gasteiger partial charge in [-0.1, -0.05) is 30.3 Å². The van der Waals surface area contributed by atoms with Gasteiger partial charge in [0.25, 0.3) is 0 Å². The molecule has 1 fully saturated rings. The number of nitrogens with zero attached hydrogens (tertiary/aromatic N) is 2. The number of anilines is 2. The molecule has 0 saturated carbocycles. The normalized spacial score (nSPS) is 13.8. The number of rotatable bonds is 7. The predicted molar refractivity (Wildman–Crippen MR) is 152 cm³/mol. The Labute approximate surface area is 226 Å². The Kier molecular flexibility index (Phi) is 7.98. The summed E-state index contributed by atoms with van der Waals surface area (Å²) in [6, 6.07) is 27.0. The topological polar surface area (TPSA) is 65.8 Å². The van der Waals surface area contributed by atoms with Crippen LogP contribution in [0.5, 0.6) is 0 Å². The molecule has 0 spiro atoms. The third-order valence-electron chi connectivity index (χ3n) is 6.46. The summed E-state index contributed by atoms with van der Waals surface area (Å²) in [5.41, 5.74) is 3.48. The van der Waals surface area contributed by atoms with Gasteiger partial charge in [-0.3, -0.25) is 9.59 Å². The van der Waals surface area contributed by atoms with Gasteiger partial charge in [-0.25, -0.2) is 4.39 Å². The van der Waals surface area contributed by atoms with Crippen molar-refractivity contribution in [3.63, 3.8) is 0 Å². The van der Waals surface area contributed by atoms with E-state index in [2.05, 4.69) is 10.2 Å². The van der Waals surface area contributed by atoms with Gasteiger partial charge >= 0.3 is 0 Å². The summed E-state index contributed by atoms with van der Waals surface area (Å²) in [4.78, 5) is 29.0. The van der Waals surface area contributed by atoms with Gasteiger partial charge < -0.3 is 19.5 Å². The molecule has 4 aromatic rings. The maximum Gasteiger partial charge on any atom is 0.248 e. The zero-order valence-electron chi connectivity index (χ0n) is 21.3. The second kappa shape index (κ2) is 12.1. The second-order valence-electron chi connectivity index (χ2n) is 9.13. The van der Waals surface area contributed by atoms with Crippen LogP contribution in [0.25, 0.3) is 23.5 Å². The fourth-order valence-corrected chi connectivity index (χ4v) is 4.33. The van der Waals surface area contributed by atoms with Gasteiger partial charge in [0.2, 0.25) is 11.8 Å². The molecule has 1 N–H and O–H groups in total. The highest BCUT2D eigenvalue weighted by molar-refractivity contribution is 6.01. The number of carbonyl (C=O) groups excluding carboxylic acids is 2. The molecule has 2 heterocycles. The van der Waals surface area contributed by atoms with Gasteiger partial charge in [0.1, 0.15) is 17.3 Å². The Hall–Kier alpha value is -4.91. The Morgan fingerprint density at radius 2 is 1.49 bits per heavy atom. The maximum atomic E-state index is 13.1. The summed E-state index contributed by atoms with van der Waals surface area (Å²) < 4.78 is 18.8. The molecule has 1 saturated heterocycles. The molecule has 196 valence electrons. The van der Waals surface area contributed by atoms with Crippen LogP contribution in [0.4, 0.5) is 15.8 Å². The molecule has 39 heavy (non-hydrogen) atoms. The second-order valence-corrected chi connectivity index (χ2v) is 9.13. The third kappa shape index (κ3) is 6.90. The lowest BCUT2D eigenvalue weighted by Crippen LogP contribution is -2.48. The smallest absolute Gasteiger partial charge is 0.248 e. The number of piperazine rings is 1. The van der Waals surface area contributed by atoms with Crippen LogP contribution in [0.15, 0.2) is 108 Å². The number of nitrogens with one attached hydrogen (secondary N) is 1. The molecule has 0 atom stereocenters. The highest BCUT2D eigenvalue weighted by Crippen LogP contribution is 2.23. The Bertz CT molecular complexity index is 1470. The van der Waals surface area contributed by atoms with Crippen LogP contribution in [0.2, 0.25) is 0 Å². The van der Waals surface area contributed by atoms with E-state index in [1.54, 1.807) is 36.4 Å². The van der Waals surface area contributed by atoms with E-state index in [0.717, 1.165) is 29.9 Å². The fourth-order valence-electron chi connectivity index (χ4n) is 4.33. The van der Waals surface area contributed by atoms with Crippen LogP contribution in [0, 0.1) is 5.82 Å². The number of amides is 2. The fraction of sp³-hybridized carbons (Fsp3) is 0.125. The number of furan rings is 1. The Morgan fingerprint density at radius 1 is 0.769 bits per heavy atom. The molecule has 0 bridgehead atoms. The van der Waals surface area contributed by atoms with Crippen molar-refractivity contribution in [2.24, 2.45) is 0 Å². The summed E-state index contributed by atoms with van der Waals surface area (Å²) in [5, 5.41) is 2.85. The number of halogens is 1. The van der Waals surface area contributed by atoms with Crippen molar-refractivity contribution in [1.29, 1.82) is 0 Å². The molecule has 0 aliphatic carbocycles. The highest BCUT2D eigenvalue weighted by atomic mass is 19.1. The van der Waals surface area contributed by atoms with Crippen molar-refractivity contribution >= 4 is 35.3 Å². The molecule has 5 rings (SSSR count). The molecule has 6 nitrogen and oxygen atoms in total. The van der Waals surface area contributed by atoms with E-state index in [0.29, 0.717) is 30.3 Å². The Balaban J connectivity index is 1.09. The lowest BCUT2D eigenvalue weighted by Gasteiger charge is -2.35. The van der Waals surface area contributed by atoms with Crippen LogP contribution in [0.1, 0.15) is 11.3 Å². The Morgan fingerprint density at radius 3 is 2.21 bits per heavy atom. The van der Waals surface area contributed by atoms with Gasteiger partial charge in [-0.05, 0) is 78.4 Å². The number of carbonyl (C=O) groups is 2. The number of hydrogen-bond acceptors (Lipinski definition) is 4. The molecular weight excluding hydrogens is 493 g/mol. The van der Waals surface area contributed by atoms with E-state index in [1.807, 2.05) is 65.6 Å². The van der Waals surface area contributed by atoms with E-state index in [1.165, 1.54) is 18.2 Å². The average Bonchev–Trinajstić information content (AvgIpc) is 3.45. The summed E-state index contributed by atoms with van der Waals surface area (Å²) in [6.45, 7) is 2.78. The lowest BCUT2D eigenvalue weighted by atomic mass is 10.2. The summed E-state index contributed by atoms with van der Waals surface area (Å²) >= 11 is 0. The molecule has 3 aromatic carbocycles. The van der Waals surface area contributed by atoms with Gasteiger partial charge in [0.05, 0.1) is 0 Å². The first-order valence-electron chi connectivity index (χ1n) is 12.8. The van der Waals surface area contributed by atoms with E-state index in [-0.39, 0.29) is 17.6 Å². The van der Waals surface area contributed by atoms with Crippen LogP contribution in [-0.2, 0) is 9.59 Å². The van der Waals surface area contributed by atoms with Crippen LogP contribution >= 0.6 is 0 Å². The third-order valence-corrected chi connectivity index (χ3v) is 6.46. The first-order valence-corrected chi connectivity index (χ1v) is 12.8. The van der Waals surface area contributed by atoms with Crippen LogP contribution < -0.4 is 10.2 Å². The summed E-state index contributed by atoms with van der Waals surface area (Å²) in [6.07, 6.45) is 6.47. The number of benzene rings is 3. The van der Waals surface area contributed by atoms with Crippen molar-refractivity contribution in [2.45, 2.75) is 0 Å². The predicted octanol–water partition coefficient (Wildman–Crippen LogP) is 6.10. The SMILES string of the molecule is O=C(/C=C/c1ccc(-c2ccc(F)cc2)o1)Nc1ccc(N2CCN(C(=O)/C=C/c3ccccc3)CC2)cc1. The van der Waals surface area contributed by atoms with Crippen molar-refractivity contribution in [3.05, 3.63) is 120 Å². The van der Waals surface area contributed by atoms with E-state index >= 15 is 0 Å². The lowest BCUT2D eigenvalue weighted by molar-refractivity contribution is -0.126. The average molecular weight is 522 g/mol.